The van der Waals surface area contributed by atoms with Gasteiger partial charge in [-0.15, -0.1) is 0 Å². The number of amides is 1. The van der Waals surface area contributed by atoms with Crippen LogP contribution in [0, 0.1) is 11.3 Å². The van der Waals surface area contributed by atoms with Crippen LogP contribution in [0.3, 0.4) is 0 Å². The van der Waals surface area contributed by atoms with Crippen molar-refractivity contribution in [3.05, 3.63) is 83.4 Å². The molecule has 0 aliphatic carbocycles. The Morgan fingerprint density at radius 2 is 2.08 bits per heavy atom. The van der Waals surface area contributed by atoms with Gasteiger partial charge in [-0.25, -0.2) is 4.98 Å². The van der Waals surface area contributed by atoms with Gasteiger partial charge in [-0.3, -0.25) is 4.79 Å². The monoisotopic (exact) mass is 346 g/mol. The summed E-state index contributed by atoms with van der Waals surface area (Å²) in [7, 11) is 3.47. The van der Waals surface area contributed by atoms with Crippen LogP contribution >= 0.6 is 0 Å². The molecule has 1 amide bonds. The number of hydrogen-bond acceptors (Lipinski definition) is 4. The molecule has 0 fully saturated rings. The molecule has 0 aliphatic rings. The molecule has 26 heavy (non-hydrogen) atoms. The average Bonchev–Trinajstić information content (AvgIpc) is 3.11. The summed E-state index contributed by atoms with van der Waals surface area (Å²) < 4.78 is 7.15. The van der Waals surface area contributed by atoms with Gasteiger partial charge in [-0.05, 0) is 35.9 Å². The van der Waals surface area contributed by atoms with Gasteiger partial charge in [0.25, 0.3) is 5.91 Å². The maximum absolute atomic E-state index is 12.8. The molecular weight excluding hydrogens is 328 g/mol. The molecule has 0 radical (unpaired) electrons. The molecule has 0 bridgehead atoms. The Balaban J connectivity index is 1.97. The van der Waals surface area contributed by atoms with Crippen LogP contribution in [0.1, 0.15) is 33.4 Å². The van der Waals surface area contributed by atoms with E-state index < -0.39 is 6.04 Å². The molecule has 0 saturated heterocycles. The van der Waals surface area contributed by atoms with Crippen molar-refractivity contribution in [2.24, 2.45) is 7.05 Å². The number of rotatable bonds is 5. The molecule has 6 nitrogen and oxygen atoms in total. The number of hydrogen-bond donors (Lipinski definition) is 1. The molecule has 2 aromatic carbocycles. The summed E-state index contributed by atoms with van der Waals surface area (Å²) in [6, 6.07) is 15.7. The molecular formula is C20H18N4O2. The molecule has 0 unspecified atom stereocenters. The molecule has 1 aromatic heterocycles. The Labute approximate surface area is 151 Å². The summed E-state index contributed by atoms with van der Waals surface area (Å²) >= 11 is 0. The van der Waals surface area contributed by atoms with Gasteiger partial charge in [-0.1, -0.05) is 18.2 Å². The smallest absolute Gasteiger partial charge is 0.252 e. The zero-order chi connectivity index (χ0) is 18.5. The number of aryl methyl sites for hydroxylation is 1. The second-order valence-electron chi connectivity index (χ2n) is 5.77. The third kappa shape index (κ3) is 3.57. The minimum absolute atomic E-state index is 0.280. The maximum atomic E-state index is 12.8. The van der Waals surface area contributed by atoms with Crippen LogP contribution in [0.15, 0.2) is 60.9 Å². The van der Waals surface area contributed by atoms with E-state index in [4.69, 9.17) is 10.00 Å². The van der Waals surface area contributed by atoms with Crippen molar-refractivity contribution in [3.63, 3.8) is 0 Å². The fraction of sp³-hybridized carbons (Fsp3) is 0.150. The zero-order valence-electron chi connectivity index (χ0n) is 14.5. The second-order valence-corrected chi connectivity index (χ2v) is 5.77. The van der Waals surface area contributed by atoms with Gasteiger partial charge < -0.3 is 14.6 Å². The van der Waals surface area contributed by atoms with Crippen LogP contribution in [0.4, 0.5) is 0 Å². The van der Waals surface area contributed by atoms with Crippen LogP contribution < -0.4 is 10.1 Å². The molecule has 6 heteroatoms. The van der Waals surface area contributed by atoms with Crippen LogP contribution in [0.25, 0.3) is 0 Å². The van der Waals surface area contributed by atoms with E-state index in [-0.39, 0.29) is 5.91 Å². The van der Waals surface area contributed by atoms with Crippen molar-refractivity contribution in [3.8, 4) is 11.8 Å². The Morgan fingerprint density at radius 3 is 2.77 bits per heavy atom. The minimum atomic E-state index is -0.455. The van der Waals surface area contributed by atoms with Gasteiger partial charge in [0, 0.05) is 25.0 Å². The lowest BCUT2D eigenvalue weighted by Crippen LogP contribution is -2.31. The number of nitrogens with zero attached hydrogens (tertiary/aromatic N) is 3. The van der Waals surface area contributed by atoms with E-state index in [1.54, 1.807) is 37.6 Å². The van der Waals surface area contributed by atoms with Gasteiger partial charge in [0.15, 0.2) is 0 Å². The van der Waals surface area contributed by atoms with E-state index in [0.29, 0.717) is 22.7 Å². The van der Waals surface area contributed by atoms with E-state index >= 15 is 0 Å². The lowest BCUT2D eigenvalue weighted by molar-refractivity contribution is 0.0941. The van der Waals surface area contributed by atoms with Gasteiger partial charge >= 0.3 is 0 Å². The topological polar surface area (TPSA) is 79.9 Å². The maximum Gasteiger partial charge on any atom is 0.252 e. The first-order valence-corrected chi connectivity index (χ1v) is 8.04. The van der Waals surface area contributed by atoms with Crippen molar-refractivity contribution in [1.82, 2.24) is 14.9 Å². The molecule has 1 heterocycles. The van der Waals surface area contributed by atoms with Crippen LogP contribution in [0.2, 0.25) is 0 Å². The normalized spacial score (nSPS) is 11.4. The minimum Gasteiger partial charge on any atom is -0.497 e. The lowest BCUT2D eigenvalue weighted by Gasteiger charge is -2.20. The van der Waals surface area contributed by atoms with E-state index in [2.05, 4.69) is 10.3 Å². The van der Waals surface area contributed by atoms with Gasteiger partial charge in [0.2, 0.25) is 0 Å². The number of carbonyl (C=O) groups is 1. The summed E-state index contributed by atoms with van der Waals surface area (Å²) in [6.07, 6.45) is 3.51. The van der Waals surface area contributed by atoms with Gasteiger partial charge in [-0.2, -0.15) is 5.26 Å². The van der Waals surface area contributed by atoms with E-state index in [1.165, 1.54) is 0 Å². The lowest BCUT2D eigenvalue weighted by atomic mass is 10.0. The fourth-order valence-electron chi connectivity index (χ4n) is 2.72. The number of nitrogens with one attached hydrogen (secondary N) is 1. The highest BCUT2D eigenvalue weighted by atomic mass is 16.5. The van der Waals surface area contributed by atoms with Crippen molar-refractivity contribution in [2.75, 3.05) is 7.11 Å². The quantitative estimate of drug-likeness (QED) is 0.770. The first-order chi connectivity index (χ1) is 12.6. The first kappa shape index (κ1) is 17.2. The van der Waals surface area contributed by atoms with Crippen molar-refractivity contribution in [2.45, 2.75) is 6.04 Å². The molecule has 0 spiro atoms. The van der Waals surface area contributed by atoms with Crippen LogP contribution in [-0.4, -0.2) is 22.6 Å². The molecule has 1 atom stereocenters. The van der Waals surface area contributed by atoms with Crippen LogP contribution in [0.5, 0.6) is 5.75 Å². The third-order valence-corrected chi connectivity index (χ3v) is 4.07. The number of nitriles is 1. The number of ether oxygens (including phenoxy) is 1. The SMILES string of the molecule is COc1cccc([C@H](NC(=O)c2cccc(C#N)c2)c2nccn2C)c1. The highest BCUT2D eigenvalue weighted by Gasteiger charge is 2.22. The van der Waals surface area contributed by atoms with E-state index in [9.17, 15) is 4.79 Å². The summed E-state index contributed by atoms with van der Waals surface area (Å²) in [5.41, 5.74) is 1.71. The highest BCUT2D eigenvalue weighted by Crippen LogP contribution is 2.24. The summed E-state index contributed by atoms with van der Waals surface area (Å²) in [4.78, 5) is 17.2. The molecule has 130 valence electrons. The third-order valence-electron chi connectivity index (χ3n) is 4.07. The van der Waals surface area contributed by atoms with Gasteiger partial charge in [0.05, 0.1) is 18.7 Å². The number of methoxy groups -OCH3 is 1. The average molecular weight is 346 g/mol. The largest absolute Gasteiger partial charge is 0.497 e. The number of aromatic nitrogens is 2. The number of benzene rings is 2. The summed E-state index contributed by atoms with van der Waals surface area (Å²) in [5.74, 6) is 1.11. The Hall–Kier alpha value is -3.59. The summed E-state index contributed by atoms with van der Waals surface area (Å²) in [6.45, 7) is 0. The first-order valence-electron chi connectivity index (χ1n) is 8.04. The standard InChI is InChI=1S/C20H18N4O2/c1-24-10-9-22-19(24)18(15-6-4-8-17(12-15)26-2)23-20(25)16-7-3-5-14(11-16)13-21/h3-12,18H,1-2H3,(H,23,25)/t18-/m0/s1. The highest BCUT2D eigenvalue weighted by molar-refractivity contribution is 5.95. The van der Waals surface area contributed by atoms with E-state index in [0.717, 1.165) is 5.56 Å². The van der Waals surface area contributed by atoms with Crippen molar-refractivity contribution >= 4 is 5.91 Å². The predicted octanol–water partition coefficient (Wildman–Crippen LogP) is 2.82. The van der Waals surface area contributed by atoms with Crippen molar-refractivity contribution < 1.29 is 9.53 Å². The zero-order valence-corrected chi connectivity index (χ0v) is 14.5. The summed E-state index contributed by atoms with van der Waals surface area (Å²) in [5, 5.41) is 12.0. The Morgan fingerprint density at radius 1 is 1.27 bits per heavy atom. The number of imidazole rings is 1. The Kier molecular flexibility index (Phi) is 4.99. The molecule has 1 N–H and O–H groups in total. The molecule has 3 rings (SSSR count). The predicted molar refractivity (Wildman–Crippen MR) is 96.7 cm³/mol. The molecule has 0 saturated carbocycles. The molecule has 3 aromatic rings. The number of carbonyl (C=O) groups excluding carboxylic acids is 1. The van der Waals surface area contributed by atoms with Crippen molar-refractivity contribution in [1.29, 1.82) is 5.26 Å². The van der Waals surface area contributed by atoms with Crippen LogP contribution in [-0.2, 0) is 7.05 Å². The fourth-order valence-corrected chi connectivity index (χ4v) is 2.72. The Bertz CT molecular complexity index is 972. The second kappa shape index (κ2) is 7.53. The molecule has 0 aliphatic heterocycles. The van der Waals surface area contributed by atoms with Gasteiger partial charge in [0.1, 0.15) is 17.6 Å². The van der Waals surface area contributed by atoms with E-state index in [1.807, 2.05) is 48.1 Å².